The number of carbonyl (C=O) groups excluding carboxylic acids is 2. The summed E-state index contributed by atoms with van der Waals surface area (Å²) in [6.45, 7) is 0.161. The number of ether oxygens (including phenoxy) is 3. The van der Waals surface area contributed by atoms with Crippen molar-refractivity contribution in [3.8, 4) is 17.2 Å². The van der Waals surface area contributed by atoms with E-state index in [1.165, 1.54) is 13.3 Å². The van der Waals surface area contributed by atoms with Crippen LogP contribution >= 0.6 is 15.9 Å². The molecule has 0 saturated carbocycles. The normalized spacial score (nSPS) is 10.6. The lowest BCUT2D eigenvalue weighted by Gasteiger charge is -2.11. The first-order valence-corrected chi connectivity index (χ1v) is 11.1. The molecule has 2 N–H and O–H groups in total. The Bertz CT molecular complexity index is 1170. The van der Waals surface area contributed by atoms with Gasteiger partial charge in [-0.1, -0.05) is 40.2 Å². The van der Waals surface area contributed by atoms with Crippen LogP contribution in [0.2, 0.25) is 0 Å². The Morgan fingerprint density at radius 2 is 1.68 bits per heavy atom. The molecule has 34 heavy (non-hydrogen) atoms. The second kappa shape index (κ2) is 12.4. The molecule has 3 aromatic rings. The predicted molar refractivity (Wildman–Crippen MR) is 133 cm³/mol. The molecule has 8 nitrogen and oxygen atoms in total. The fourth-order valence-electron chi connectivity index (χ4n) is 2.93. The van der Waals surface area contributed by atoms with Crippen molar-refractivity contribution in [1.29, 1.82) is 0 Å². The van der Waals surface area contributed by atoms with E-state index in [0.717, 1.165) is 10.0 Å². The molecule has 176 valence electrons. The maximum absolute atomic E-state index is 12.2. The second-order valence-electron chi connectivity index (χ2n) is 7.00. The molecule has 3 aromatic carbocycles. The van der Waals surface area contributed by atoms with E-state index in [1.807, 2.05) is 24.3 Å². The molecule has 0 spiro atoms. The summed E-state index contributed by atoms with van der Waals surface area (Å²) in [6.07, 6.45) is 1.47. The van der Waals surface area contributed by atoms with E-state index in [-0.39, 0.29) is 6.54 Å². The van der Waals surface area contributed by atoms with Crippen LogP contribution in [0.4, 0.5) is 0 Å². The number of halogens is 1. The van der Waals surface area contributed by atoms with Crippen molar-refractivity contribution >= 4 is 34.0 Å². The molecule has 0 fully saturated rings. The molecule has 0 unspecified atom stereocenters. The molecule has 0 aliphatic heterocycles. The van der Waals surface area contributed by atoms with E-state index in [4.69, 9.17) is 14.2 Å². The first-order valence-electron chi connectivity index (χ1n) is 10.3. The quantitative estimate of drug-likeness (QED) is 0.308. The third kappa shape index (κ3) is 7.08. The van der Waals surface area contributed by atoms with E-state index >= 15 is 0 Å². The predicted octanol–water partition coefficient (Wildman–Crippen LogP) is 3.93. The van der Waals surface area contributed by atoms with Gasteiger partial charge in [-0.2, -0.15) is 5.10 Å². The Morgan fingerprint density at radius 1 is 0.941 bits per heavy atom. The van der Waals surface area contributed by atoms with Gasteiger partial charge in [0.2, 0.25) is 0 Å². The first-order chi connectivity index (χ1) is 16.5. The Hall–Kier alpha value is -3.85. The van der Waals surface area contributed by atoms with E-state index in [0.29, 0.717) is 35.0 Å². The summed E-state index contributed by atoms with van der Waals surface area (Å²) in [5.41, 5.74) is 4.45. The van der Waals surface area contributed by atoms with Crippen LogP contribution in [0, 0.1) is 0 Å². The van der Waals surface area contributed by atoms with Gasteiger partial charge in [0, 0.05) is 4.47 Å². The number of nitrogens with zero attached hydrogens (tertiary/aromatic N) is 1. The van der Waals surface area contributed by atoms with E-state index in [1.54, 1.807) is 49.6 Å². The number of benzene rings is 3. The van der Waals surface area contributed by atoms with Crippen molar-refractivity contribution in [2.24, 2.45) is 5.10 Å². The molecule has 2 amide bonds. The number of methoxy groups -OCH3 is 2. The Morgan fingerprint density at radius 3 is 2.41 bits per heavy atom. The van der Waals surface area contributed by atoms with Gasteiger partial charge in [-0.15, -0.1) is 0 Å². The number of hydrazone groups is 1. The highest BCUT2D eigenvalue weighted by Crippen LogP contribution is 2.28. The molecular formula is C25H24BrN3O5. The van der Waals surface area contributed by atoms with Crippen LogP contribution in [-0.4, -0.2) is 38.8 Å². The molecular weight excluding hydrogens is 502 g/mol. The van der Waals surface area contributed by atoms with E-state index < -0.39 is 11.8 Å². The molecule has 3 rings (SSSR count). The standard InChI is InChI=1S/C25H24BrN3O5/c1-32-21-6-4-3-5-20(21)25(31)27-15-24(30)29-28-14-18-9-12-22(23(13-18)33-2)34-16-17-7-10-19(26)11-8-17/h3-14H,15-16H2,1-2H3,(H,27,31)(H,29,30). The zero-order chi connectivity index (χ0) is 24.3. The highest BCUT2D eigenvalue weighted by molar-refractivity contribution is 9.10. The van der Waals surface area contributed by atoms with Crippen LogP contribution in [0.15, 0.2) is 76.3 Å². The Balaban J connectivity index is 1.51. The Labute approximate surface area is 206 Å². The summed E-state index contributed by atoms with van der Waals surface area (Å²) < 4.78 is 17.4. The summed E-state index contributed by atoms with van der Waals surface area (Å²) in [4.78, 5) is 24.3. The number of hydrogen-bond acceptors (Lipinski definition) is 6. The summed E-state index contributed by atoms with van der Waals surface area (Å²) >= 11 is 3.41. The summed E-state index contributed by atoms with van der Waals surface area (Å²) in [6, 6.07) is 19.9. The van der Waals surface area contributed by atoms with Crippen molar-refractivity contribution in [1.82, 2.24) is 10.7 Å². The average molecular weight is 526 g/mol. The molecule has 0 bridgehead atoms. The van der Waals surface area contributed by atoms with Gasteiger partial charge in [0.15, 0.2) is 11.5 Å². The topological polar surface area (TPSA) is 98.2 Å². The van der Waals surface area contributed by atoms with Gasteiger partial charge in [-0.3, -0.25) is 9.59 Å². The zero-order valence-corrected chi connectivity index (χ0v) is 20.3. The second-order valence-corrected chi connectivity index (χ2v) is 7.92. The van der Waals surface area contributed by atoms with Gasteiger partial charge in [-0.05, 0) is 53.6 Å². The molecule has 0 aromatic heterocycles. The third-order valence-electron chi connectivity index (χ3n) is 4.66. The van der Waals surface area contributed by atoms with Crippen LogP contribution in [-0.2, 0) is 11.4 Å². The summed E-state index contributed by atoms with van der Waals surface area (Å²) in [7, 11) is 3.03. The fourth-order valence-corrected chi connectivity index (χ4v) is 3.20. The lowest BCUT2D eigenvalue weighted by atomic mass is 10.2. The summed E-state index contributed by atoms with van der Waals surface area (Å²) in [5.74, 6) is 0.666. The van der Waals surface area contributed by atoms with E-state index in [9.17, 15) is 9.59 Å². The number of carbonyl (C=O) groups is 2. The fraction of sp³-hybridized carbons (Fsp3) is 0.160. The highest BCUT2D eigenvalue weighted by atomic mass is 79.9. The number of rotatable bonds is 10. The third-order valence-corrected chi connectivity index (χ3v) is 5.19. The van der Waals surface area contributed by atoms with Crippen LogP contribution in [0.25, 0.3) is 0 Å². The molecule has 0 aliphatic rings. The average Bonchev–Trinajstić information content (AvgIpc) is 2.87. The first kappa shape index (κ1) is 24.8. The summed E-state index contributed by atoms with van der Waals surface area (Å²) in [5, 5.41) is 6.47. The molecule has 0 atom stereocenters. The molecule has 0 heterocycles. The minimum atomic E-state index is -0.471. The van der Waals surface area contributed by atoms with Crippen LogP contribution in [0.1, 0.15) is 21.5 Å². The van der Waals surface area contributed by atoms with Crippen LogP contribution in [0.3, 0.4) is 0 Å². The number of nitrogens with one attached hydrogen (secondary N) is 2. The van der Waals surface area contributed by atoms with Crippen LogP contribution < -0.4 is 25.0 Å². The van der Waals surface area contributed by atoms with Crippen molar-refractivity contribution in [3.63, 3.8) is 0 Å². The largest absolute Gasteiger partial charge is 0.496 e. The zero-order valence-electron chi connectivity index (χ0n) is 18.7. The number of hydrogen-bond donors (Lipinski definition) is 2. The lowest BCUT2D eigenvalue weighted by Crippen LogP contribution is -2.35. The monoisotopic (exact) mass is 525 g/mol. The minimum Gasteiger partial charge on any atom is -0.496 e. The van der Waals surface area contributed by atoms with Gasteiger partial charge in [-0.25, -0.2) is 5.43 Å². The van der Waals surface area contributed by atoms with Gasteiger partial charge in [0.05, 0.1) is 32.5 Å². The van der Waals surface area contributed by atoms with Crippen molar-refractivity contribution in [2.75, 3.05) is 20.8 Å². The van der Waals surface area contributed by atoms with Crippen molar-refractivity contribution in [2.45, 2.75) is 6.61 Å². The Kier molecular flexibility index (Phi) is 9.04. The van der Waals surface area contributed by atoms with Gasteiger partial charge in [0.1, 0.15) is 12.4 Å². The highest BCUT2D eigenvalue weighted by Gasteiger charge is 2.12. The SMILES string of the molecule is COc1cc(C=NNC(=O)CNC(=O)c2ccccc2OC)ccc1OCc1ccc(Br)cc1. The van der Waals surface area contributed by atoms with Crippen molar-refractivity contribution in [3.05, 3.63) is 87.9 Å². The van der Waals surface area contributed by atoms with Gasteiger partial charge in [0.25, 0.3) is 11.8 Å². The lowest BCUT2D eigenvalue weighted by molar-refractivity contribution is -0.120. The minimum absolute atomic E-state index is 0.236. The molecule has 9 heteroatoms. The molecule has 0 aliphatic carbocycles. The van der Waals surface area contributed by atoms with Gasteiger partial charge < -0.3 is 19.5 Å². The maximum atomic E-state index is 12.2. The molecule has 0 saturated heterocycles. The van der Waals surface area contributed by atoms with E-state index in [2.05, 4.69) is 31.8 Å². The molecule has 0 radical (unpaired) electrons. The number of para-hydroxylation sites is 1. The van der Waals surface area contributed by atoms with Crippen LogP contribution in [0.5, 0.6) is 17.2 Å². The number of amides is 2. The van der Waals surface area contributed by atoms with Gasteiger partial charge >= 0.3 is 0 Å². The smallest absolute Gasteiger partial charge is 0.259 e. The maximum Gasteiger partial charge on any atom is 0.259 e. The van der Waals surface area contributed by atoms with Crippen molar-refractivity contribution < 1.29 is 23.8 Å².